The van der Waals surface area contributed by atoms with Crippen LogP contribution in [-0.4, -0.2) is 16.7 Å². The molecule has 2 heteroatoms. The largest absolute Gasteiger partial charge is 0.393 e. The molecule has 0 spiro atoms. The molecule has 0 aromatic heterocycles. The summed E-state index contributed by atoms with van der Waals surface area (Å²) in [4.78, 5) is 0. The molecule has 1 saturated carbocycles. The Morgan fingerprint density at radius 2 is 2.00 bits per heavy atom. The van der Waals surface area contributed by atoms with Crippen molar-refractivity contribution in [1.82, 2.24) is 0 Å². The fraction of sp³-hybridized carbons (Fsp3) is 0.385. The van der Waals surface area contributed by atoms with Crippen molar-refractivity contribution in [2.24, 2.45) is 5.73 Å². The van der Waals surface area contributed by atoms with Crippen LogP contribution in [0.3, 0.4) is 0 Å². The number of benzene rings is 1. The van der Waals surface area contributed by atoms with E-state index in [9.17, 15) is 5.11 Å². The molecule has 0 radical (unpaired) electrons. The minimum atomic E-state index is -0.282. The van der Waals surface area contributed by atoms with Gasteiger partial charge < -0.3 is 10.8 Å². The fourth-order valence-electron chi connectivity index (χ4n) is 2.05. The summed E-state index contributed by atoms with van der Waals surface area (Å²) in [6, 6.07) is 10.1. The van der Waals surface area contributed by atoms with Gasteiger partial charge >= 0.3 is 0 Å². The third-order valence-corrected chi connectivity index (χ3v) is 3.17. The third kappa shape index (κ3) is 2.11. The Morgan fingerprint density at radius 3 is 2.53 bits per heavy atom. The summed E-state index contributed by atoms with van der Waals surface area (Å²) in [6.45, 7) is 2.04. The highest BCUT2D eigenvalue weighted by molar-refractivity contribution is 5.55. The Labute approximate surface area is 90.4 Å². The summed E-state index contributed by atoms with van der Waals surface area (Å²) in [5.74, 6) is 0. The molecular formula is C13H17NO. The van der Waals surface area contributed by atoms with E-state index in [2.05, 4.69) is 18.2 Å². The zero-order chi connectivity index (χ0) is 10.9. The average molecular weight is 203 g/mol. The van der Waals surface area contributed by atoms with Gasteiger partial charge in [0.1, 0.15) is 0 Å². The van der Waals surface area contributed by atoms with E-state index in [1.54, 1.807) is 0 Å². The maximum atomic E-state index is 9.29. The van der Waals surface area contributed by atoms with Crippen LogP contribution in [0.4, 0.5) is 0 Å². The molecule has 1 aromatic rings. The first-order valence-electron chi connectivity index (χ1n) is 5.31. The third-order valence-electron chi connectivity index (χ3n) is 3.17. The average Bonchev–Trinajstić information content (AvgIpc) is 2.17. The monoisotopic (exact) mass is 203 g/mol. The summed E-state index contributed by atoms with van der Waals surface area (Å²) in [6.07, 6.45) is 3.25. The van der Waals surface area contributed by atoms with Gasteiger partial charge in [0.2, 0.25) is 0 Å². The van der Waals surface area contributed by atoms with Crippen LogP contribution in [0.25, 0.3) is 6.08 Å². The second kappa shape index (κ2) is 3.80. The minimum absolute atomic E-state index is 0.214. The lowest BCUT2D eigenvalue weighted by molar-refractivity contribution is 0.0408. The van der Waals surface area contributed by atoms with E-state index in [1.807, 2.05) is 25.1 Å². The van der Waals surface area contributed by atoms with E-state index in [1.165, 1.54) is 5.56 Å². The summed E-state index contributed by atoms with van der Waals surface area (Å²) in [7, 11) is 0. The lowest BCUT2D eigenvalue weighted by atomic mass is 9.70. The van der Waals surface area contributed by atoms with Crippen LogP contribution in [0.1, 0.15) is 25.3 Å². The first-order chi connectivity index (χ1) is 7.10. The van der Waals surface area contributed by atoms with Crippen LogP contribution in [-0.2, 0) is 0 Å². The standard InChI is InChI=1S/C13H17NO/c1-10(13(14)8-12(15)9-13)7-11-5-3-2-4-6-11/h2-7,12,15H,8-9,14H2,1H3/b10-7-. The molecule has 15 heavy (non-hydrogen) atoms. The van der Waals surface area contributed by atoms with Gasteiger partial charge in [-0.15, -0.1) is 0 Å². The minimum Gasteiger partial charge on any atom is -0.393 e. The molecule has 2 nitrogen and oxygen atoms in total. The Balaban J connectivity index is 2.15. The van der Waals surface area contributed by atoms with Crippen molar-refractivity contribution < 1.29 is 5.11 Å². The van der Waals surface area contributed by atoms with E-state index in [0.717, 1.165) is 5.57 Å². The van der Waals surface area contributed by atoms with Crippen LogP contribution in [0.5, 0.6) is 0 Å². The van der Waals surface area contributed by atoms with Gasteiger partial charge in [0, 0.05) is 5.54 Å². The Kier molecular flexibility index (Phi) is 2.63. The molecule has 0 saturated heterocycles. The summed E-state index contributed by atoms with van der Waals surface area (Å²) in [5, 5.41) is 9.29. The highest BCUT2D eigenvalue weighted by atomic mass is 16.3. The number of aliphatic hydroxyl groups excluding tert-OH is 1. The fourth-order valence-corrected chi connectivity index (χ4v) is 2.05. The van der Waals surface area contributed by atoms with Crippen molar-refractivity contribution >= 4 is 6.08 Å². The van der Waals surface area contributed by atoms with E-state index in [-0.39, 0.29) is 11.6 Å². The van der Waals surface area contributed by atoms with Crippen molar-refractivity contribution in [3.05, 3.63) is 41.5 Å². The maximum Gasteiger partial charge on any atom is 0.0581 e. The molecule has 0 unspecified atom stereocenters. The molecular weight excluding hydrogens is 186 g/mol. The second-order valence-corrected chi connectivity index (χ2v) is 4.46. The van der Waals surface area contributed by atoms with Gasteiger partial charge in [0.15, 0.2) is 0 Å². The van der Waals surface area contributed by atoms with Crippen molar-refractivity contribution in [2.45, 2.75) is 31.4 Å². The predicted octanol–water partition coefficient (Wildman–Crippen LogP) is 1.94. The molecule has 1 aliphatic rings. The van der Waals surface area contributed by atoms with E-state index in [0.29, 0.717) is 12.8 Å². The lowest BCUT2D eigenvalue weighted by Gasteiger charge is -2.43. The molecule has 3 N–H and O–H groups in total. The lowest BCUT2D eigenvalue weighted by Crippen LogP contribution is -2.55. The molecule has 80 valence electrons. The van der Waals surface area contributed by atoms with Crippen LogP contribution < -0.4 is 5.73 Å². The molecule has 0 atom stereocenters. The number of aliphatic hydroxyl groups is 1. The summed E-state index contributed by atoms with van der Waals surface area (Å²) < 4.78 is 0. The quantitative estimate of drug-likeness (QED) is 0.771. The van der Waals surface area contributed by atoms with Crippen LogP contribution >= 0.6 is 0 Å². The Bertz CT molecular complexity index is 363. The maximum absolute atomic E-state index is 9.29. The molecule has 0 aliphatic heterocycles. The molecule has 1 aliphatic carbocycles. The van der Waals surface area contributed by atoms with Gasteiger partial charge in [-0.25, -0.2) is 0 Å². The van der Waals surface area contributed by atoms with E-state index >= 15 is 0 Å². The first kappa shape index (κ1) is 10.4. The van der Waals surface area contributed by atoms with Crippen LogP contribution in [0, 0.1) is 0 Å². The summed E-state index contributed by atoms with van der Waals surface area (Å²) in [5.41, 5.74) is 8.19. The SMILES string of the molecule is C/C(=C/c1ccccc1)C1(N)CC(O)C1. The highest BCUT2D eigenvalue weighted by Gasteiger charge is 2.41. The van der Waals surface area contributed by atoms with Gasteiger partial charge in [0.25, 0.3) is 0 Å². The predicted molar refractivity (Wildman–Crippen MR) is 62.3 cm³/mol. The van der Waals surface area contributed by atoms with Crippen molar-refractivity contribution in [2.75, 3.05) is 0 Å². The molecule has 1 fully saturated rings. The molecule has 0 amide bonds. The first-order valence-corrected chi connectivity index (χ1v) is 5.31. The molecule has 0 heterocycles. The zero-order valence-corrected chi connectivity index (χ0v) is 8.98. The number of hydrogen-bond donors (Lipinski definition) is 2. The molecule has 0 bridgehead atoms. The normalized spacial score (nSPS) is 31.1. The topological polar surface area (TPSA) is 46.2 Å². The number of nitrogens with two attached hydrogens (primary N) is 1. The second-order valence-electron chi connectivity index (χ2n) is 4.46. The van der Waals surface area contributed by atoms with Crippen molar-refractivity contribution in [1.29, 1.82) is 0 Å². The number of hydrogen-bond acceptors (Lipinski definition) is 2. The van der Waals surface area contributed by atoms with Gasteiger partial charge in [0.05, 0.1) is 6.10 Å². The van der Waals surface area contributed by atoms with Crippen molar-refractivity contribution in [3.8, 4) is 0 Å². The number of rotatable bonds is 2. The summed E-state index contributed by atoms with van der Waals surface area (Å²) >= 11 is 0. The van der Waals surface area contributed by atoms with Gasteiger partial charge in [-0.3, -0.25) is 0 Å². The van der Waals surface area contributed by atoms with Gasteiger partial charge in [-0.2, -0.15) is 0 Å². The van der Waals surface area contributed by atoms with E-state index in [4.69, 9.17) is 5.73 Å². The van der Waals surface area contributed by atoms with Gasteiger partial charge in [-0.1, -0.05) is 42.0 Å². The highest BCUT2D eigenvalue weighted by Crippen LogP contribution is 2.36. The zero-order valence-electron chi connectivity index (χ0n) is 8.98. The van der Waals surface area contributed by atoms with Gasteiger partial charge in [-0.05, 0) is 25.3 Å². The van der Waals surface area contributed by atoms with Crippen LogP contribution in [0.2, 0.25) is 0 Å². The Morgan fingerprint density at radius 1 is 1.40 bits per heavy atom. The molecule has 2 rings (SSSR count). The van der Waals surface area contributed by atoms with Crippen molar-refractivity contribution in [3.63, 3.8) is 0 Å². The van der Waals surface area contributed by atoms with Crippen LogP contribution in [0.15, 0.2) is 35.9 Å². The Hall–Kier alpha value is -1.12. The van der Waals surface area contributed by atoms with E-state index < -0.39 is 0 Å². The smallest absolute Gasteiger partial charge is 0.0581 e. The molecule has 1 aromatic carbocycles.